The Labute approximate surface area is 190 Å². The standard InChI is InChI=1S/C22H21F3N6O2/c1-12-7-17(31-28-5-6-29-31)20(27-10-12)21(32)30-13(2)14-8-16(30)18(9-14)33-19-4-3-15(11-26-19)22(23,24)25/h3-7,10-11,13-14,16,18H,8-9H2,1-2H3/t13-,14-,16+,18-/m1/s1/i9D2. The normalized spacial score (nSPS) is 26.8. The van der Waals surface area contributed by atoms with Crippen LogP contribution in [0.4, 0.5) is 13.2 Å². The fourth-order valence-electron chi connectivity index (χ4n) is 4.39. The van der Waals surface area contributed by atoms with Crippen molar-refractivity contribution in [3.8, 4) is 11.6 Å². The van der Waals surface area contributed by atoms with Crippen LogP contribution in [0.3, 0.4) is 0 Å². The molecule has 1 saturated heterocycles. The molecule has 4 atom stereocenters. The van der Waals surface area contributed by atoms with Crippen molar-refractivity contribution in [3.05, 3.63) is 59.8 Å². The molecule has 0 aromatic carbocycles. The maximum absolute atomic E-state index is 13.7. The van der Waals surface area contributed by atoms with Crippen LogP contribution in [0.25, 0.3) is 5.69 Å². The zero-order valence-corrected chi connectivity index (χ0v) is 17.7. The summed E-state index contributed by atoms with van der Waals surface area (Å²) in [7, 11) is 0. The molecule has 0 radical (unpaired) electrons. The van der Waals surface area contributed by atoms with Crippen molar-refractivity contribution in [2.45, 2.75) is 51.0 Å². The van der Waals surface area contributed by atoms with Gasteiger partial charge in [0, 0.05) is 27.2 Å². The molecule has 33 heavy (non-hydrogen) atoms. The first-order chi connectivity index (χ1) is 16.5. The van der Waals surface area contributed by atoms with Crippen LogP contribution < -0.4 is 4.74 Å². The molecule has 1 aliphatic carbocycles. The van der Waals surface area contributed by atoms with Gasteiger partial charge in [-0.2, -0.15) is 23.4 Å². The summed E-state index contributed by atoms with van der Waals surface area (Å²) in [6.45, 7) is 3.59. The van der Waals surface area contributed by atoms with Crippen molar-refractivity contribution in [3.63, 3.8) is 0 Å². The zero-order valence-electron chi connectivity index (χ0n) is 19.7. The number of hydrogen-bond acceptors (Lipinski definition) is 6. The van der Waals surface area contributed by atoms with E-state index < -0.39 is 48.1 Å². The second kappa shape index (κ2) is 7.82. The molecule has 2 aliphatic rings. The molecular weight excluding hydrogens is 437 g/mol. The summed E-state index contributed by atoms with van der Waals surface area (Å²) in [5.41, 5.74) is 0.366. The number of fused-ring (bicyclic) bond motifs is 2. The minimum absolute atomic E-state index is 0.109. The molecule has 4 heterocycles. The Morgan fingerprint density at radius 3 is 2.61 bits per heavy atom. The van der Waals surface area contributed by atoms with E-state index in [0.717, 1.165) is 17.7 Å². The lowest BCUT2D eigenvalue weighted by molar-refractivity contribution is -0.137. The molecule has 2 bridgehead atoms. The number of piperidine rings is 1. The van der Waals surface area contributed by atoms with Crippen molar-refractivity contribution in [2.24, 2.45) is 5.92 Å². The topological polar surface area (TPSA) is 86.0 Å². The van der Waals surface area contributed by atoms with Crippen LogP contribution in [-0.4, -0.2) is 54.0 Å². The van der Waals surface area contributed by atoms with Crippen LogP contribution in [0, 0.1) is 12.8 Å². The van der Waals surface area contributed by atoms with Crippen LogP contribution in [0.2, 0.25) is 0 Å². The Kier molecular flexibility index (Phi) is 4.51. The first-order valence-corrected chi connectivity index (χ1v) is 10.3. The minimum atomic E-state index is -4.55. The number of halogens is 3. The van der Waals surface area contributed by atoms with Gasteiger partial charge < -0.3 is 9.64 Å². The number of nitrogens with zero attached hydrogens (tertiary/aromatic N) is 6. The number of hydrogen-bond donors (Lipinski definition) is 0. The molecule has 0 spiro atoms. The van der Waals surface area contributed by atoms with Gasteiger partial charge in [-0.25, -0.2) is 9.97 Å². The number of pyridine rings is 2. The van der Waals surface area contributed by atoms with Crippen LogP contribution in [0.15, 0.2) is 43.0 Å². The third-order valence-electron chi connectivity index (χ3n) is 5.99. The molecule has 172 valence electrons. The zero-order chi connectivity index (χ0) is 25.1. The second-order valence-corrected chi connectivity index (χ2v) is 8.15. The van der Waals surface area contributed by atoms with Crippen LogP contribution >= 0.6 is 0 Å². The molecule has 0 unspecified atom stereocenters. The van der Waals surface area contributed by atoms with Crippen LogP contribution in [0.1, 0.15) is 44.1 Å². The predicted octanol–water partition coefficient (Wildman–Crippen LogP) is 3.46. The lowest BCUT2D eigenvalue weighted by Crippen LogP contribution is -2.51. The van der Waals surface area contributed by atoms with Crippen molar-refractivity contribution in [2.75, 3.05) is 0 Å². The van der Waals surface area contributed by atoms with E-state index in [4.69, 9.17) is 7.48 Å². The number of ether oxygens (including phenoxy) is 1. The third kappa shape index (κ3) is 3.81. The van der Waals surface area contributed by atoms with Crippen molar-refractivity contribution in [1.29, 1.82) is 0 Å². The highest BCUT2D eigenvalue weighted by molar-refractivity contribution is 5.96. The van der Waals surface area contributed by atoms with Gasteiger partial charge in [0.2, 0.25) is 5.88 Å². The fraction of sp³-hybridized carbons (Fsp3) is 0.409. The molecule has 0 N–H and O–H groups in total. The Morgan fingerprint density at radius 1 is 1.21 bits per heavy atom. The Hall–Kier alpha value is -3.50. The quantitative estimate of drug-likeness (QED) is 0.593. The second-order valence-electron chi connectivity index (χ2n) is 8.15. The SMILES string of the molecule is [2H]C1([2H])[C@H]2C[C@@H]([C@@H]1Oc1ccc(C(F)(F)F)cn1)N(C(=O)c1ncc(C)cc1-n1nccn1)[C@@H]2C. The number of likely N-dealkylation sites (tertiary alicyclic amines) is 1. The number of carbonyl (C=O) groups is 1. The highest BCUT2D eigenvalue weighted by Gasteiger charge is 2.53. The van der Waals surface area contributed by atoms with Gasteiger partial charge in [0.15, 0.2) is 5.69 Å². The van der Waals surface area contributed by atoms with Gasteiger partial charge in [-0.05, 0) is 50.3 Å². The largest absolute Gasteiger partial charge is 0.472 e. The molecule has 1 saturated carbocycles. The molecule has 3 aromatic rings. The van der Waals surface area contributed by atoms with Gasteiger partial charge in [-0.1, -0.05) is 0 Å². The average molecular weight is 460 g/mol. The maximum atomic E-state index is 13.7. The van der Waals surface area contributed by atoms with Crippen molar-refractivity contribution < 1.29 is 25.4 Å². The Bertz CT molecular complexity index is 1250. The van der Waals surface area contributed by atoms with Gasteiger partial charge in [0.1, 0.15) is 11.8 Å². The molecule has 8 nitrogen and oxygen atoms in total. The molecule has 11 heteroatoms. The van der Waals surface area contributed by atoms with Gasteiger partial charge >= 0.3 is 6.18 Å². The molecule has 5 rings (SSSR count). The van der Waals surface area contributed by atoms with Crippen molar-refractivity contribution in [1.82, 2.24) is 29.9 Å². The van der Waals surface area contributed by atoms with E-state index in [1.54, 1.807) is 24.1 Å². The van der Waals surface area contributed by atoms with E-state index >= 15 is 0 Å². The van der Waals surface area contributed by atoms with E-state index in [-0.39, 0.29) is 11.6 Å². The number of carbonyl (C=O) groups excluding carboxylic acids is 1. The molecule has 3 aromatic heterocycles. The fourth-order valence-corrected chi connectivity index (χ4v) is 4.39. The minimum Gasteiger partial charge on any atom is -0.472 e. The van der Waals surface area contributed by atoms with Gasteiger partial charge in [0.05, 0.1) is 24.0 Å². The Morgan fingerprint density at radius 2 is 1.97 bits per heavy atom. The van der Waals surface area contributed by atoms with E-state index in [2.05, 4.69) is 20.2 Å². The summed E-state index contributed by atoms with van der Waals surface area (Å²) in [6.07, 6.45) is -1.99. The third-order valence-corrected chi connectivity index (χ3v) is 5.99. The summed E-state index contributed by atoms with van der Waals surface area (Å²) in [5.74, 6) is -1.11. The maximum Gasteiger partial charge on any atom is 0.417 e. The molecule has 1 aliphatic heterocycles. The lowest BCUT2D eigenvalue weighted by atomic mass is 9.98. The highest BCUT2D eigenvalue weighted by atomic mass is 19.4. The van der Waals surface area contributed by atoms with E-state index in [0.29, 0.717) is 18.3 Å². The number of amides is 1. The van der Waals surface area contributed by atoms with Gasteiger partial charge in [-0.15, -0.1) is 4.80 Å². The predicted molar refractivity (Wildman–Crippen MR) is 110 cm³/mol. The summed E-state index contributed by atoms with van der Waals surface area (Å²) in [4.78, 5) is 24.6. The molecule has 2 fully saturated rings. The van der Waals surface area contributed by atoms with Crippen LogP contribution in [0.5, 0.6) is 5.88 Å². The van der Waals surface area contributed by atoms with Gasteiger partial charge in [0.25, 0.3) is 5.91 Å². The smallest absolute Gasteiger partial charge is 0.417 e. The molecular formula is C22H21F3N6O2. The van der Waals surface area contributed by atoms with Crippen molar-refractivity contribution >= 4 is 5.91 Å². The number of alkyl halides is 3. The molecule has 1 amide bonds. The average Bonchev–Trinajstić information content (AvgIpc) is 3.50. The van der Waals surface area contributed by atoms with Crippen LogP contribution in [-0.2, 0) is 6.18 Å². The summed E-state index contributed by atoms with van der Waals surface area (Å²) in [6, 6.07) is 2.51. The van der Waals surface area contributed by atoms with E-state index in [1.165, 1.54) is 17.2 Å². The van der Waals surface area contributed by atoms with E-state index in [1.807, 2.05) is 6.92 Å². The summed E-state index contributed by atoms with van der Waals surface area (Å²) in [5, 5.41) is 8.21. The summed E-state index contributed by atoms with van der Waals surface area (Å²) < 4.78 is 61.7. The lowest BCUT2D eigenvalue weighted by Gasteiger charge is -2.37. The van der Waals surface area contributed by atoms with Gasteiger partial charge in [-0.3, -0.25) is 4.79 Å². The number of aryl methyl sites for hydroxylation is 1. The first-order valence-electron chi connectivity index (χ1n) is 11.3. The Balaban J connectivity index is 1.46. The summed E-state index contributed by atoms with van der Waals surface area (Å²) >= 11 is 0. The van der Waals surface area contributed by atoms with E-state index in [9.17, 15) is 18.0 Å². The highest BCUT2D eigenvalue weighted by Crippen LogP contribution is 2.44. The number of rotatable bonds is 4. The number of aromatic nitrogens is 5. The monoisotopic (exact) mass is 460 g/mol. The first kappa shape index (κ1) is 19.0.